The first-order valence-corrected chi connectivity index (χ1v) is 21.7. The van der Waals surface area contributed by atoms with E-state index in [1.54, 1.807) is 6.07 Å². The first-order chi connectivity index (χ1) is 29.6. The molecule has 6 aromatic rings. The molecule has 2 bridgehead atoms. The lowest BCUT2D eigenvalue weighted by molar-refractivity contribution is -0.192. The third kappa shape index (κ3) is 10.1. The Morgan fingerprint density at radius 1 is 0.672 bits per heavy atom. The summed E-state index contributed by atoms with van der Waals surface area (Å²) in [5, 5.41) is 0.642. The van der Waals surface area contributed by atoms with Crippen LogP contribution in [0.2, 0.25) is 0 Å². The minimum absolute atomic E-state index is 0.0515. The van der Waals surface area contributed by atoms with E-state index in [2.05, 4.69) is 84.9 Å². The van der Waals surface area contributed by atoms with Crippen molar-refractivity contribution in [1.29, 1.82) is 0 Å². The van der Waals surface area contributed by atoms with Gasteiger partial charge in [-0.15, -0.1) is 0 Å². The van der Waals surface area contributed by atoms with Crippen molar-refractivity contribution in [1.82, 2.24) is 0 Å². The van der Waals surface area contributed by atoms with Crippen LogP contribution in [0.3, 0.4) is 0 Å². The molecule has 0 unspecified atom stereocenters. The van der Waals surface area contributed by atoms with Crippen molar-refractivity contribution in [2.75, 3.05) is 0 Å². The average molecular weight is 815 g/mol. The van der Waals surface area contributed by atoms with E-state index >= 15 is 0 Å². The van der Waals surface area contributed by atoms with E-state index in [9.17, 15) is 14.4 Å². The van der Waals surface area contributed by atoms with Gasteiger partial charge < -0.3 is 18.6 Å². The maximum absolute atomic E-state index is 14.6. The molecule has 7 nitrogen and oxygen atoms in total. The van der Waals surface area contributed by atoms with Gasteiger partial charge in [0, 0.05) is 23.4 Å². The molecule has 7 heteroatoms. The molecule has 0 amide bonds. The standard InChI is InChI=1S/C54H54O7/c1-36(2)45-28-25-38-19-21-41(22-20-38)34-43(24-23-40-16-10-17-42(33-40)32-39-14-8-5-9-15-39)35-48(56)59-51-49-46(29-26-44-27-30-47(55)58-50(44)49)61-54(3,52(51)60-53(45)57)31-11-18-37-12-6-4-7-13-37/h4-10,12-17,19-22,26-27,29-30,33,43,51-52H,11,18,23-25,28,31-32,34-35H2,1-3H3/t43-,51+,52-,54-/m0/s1. The summed E-state index contributed by atoms with van der Waals surface area (Å²) in [4.78, 5) is 41.9. The number of benzene rings is 5. The van der Waals surface area contributed by atoms with Crippen LogP contribution >= 0.6 is 0 Å². The molecule has 61 heavy (non-hydrogen) atoms. The summed E-state index contributed by atoms with van der Waals surface area (Å²) in [6, 6.07) is 44.7. The fourth-order valence-corrected chi connectivity index (χ4v) is 9.05. The molecular weight excluding hydrogens is 761 g/mol. The van der Waals surface area contributed by atoms with Crippen LogP contribution in [0.15, 0.2) is 154 Å². The molecule has 4 heterocycles. The Morgan fingerprint density at radius 3 is 2.11 bits per heavy atom. The van der Waals surface area contributed by atoms with Crippen LogP contribution in [0, 0.1) is 5.92 Å². The first kappa shape index (κ1) is 41.5. The highest BCUT2D eigenvalue weighted by Gasteiger charge is 2.52. The second-order valence-electron chi connectivity index (χ2n) is 17.2. The number of esters is 2. The number of allylic oxidation sites excluding steroid dienone is 1. The van der Waals surface area contributed by atoms with E-state index in [0.29, 0.717) is 54.4 Å². The van der Waals surface area contributed by atoms with Crippen molar-refractivity contribution >= 4 is 22.9 Å². The SMILES string of the molecule is CC(C)=C1CCc2ccc(cc2)C[C@H](CCc2cccc(Cc3ccccc3)c2)CC(=O)O[C@@H]2c3c(ccc4ccc(=O)oc34)O[C@@](C)(CCCc3ccccc3)[C@H]2OC1=O. The summed E-state index contributed by atoms with van der Waals surface area (Å²) in [5.74, 6) is -0.526. The Bertz CT molecular complexity index is 2570. The Hall–Kier alpha value is -6.21. The van der Waals surface area contributed by atoms with Gasteiger partial charge in [-0.3, -0.25) is 4.79 Å². The van der Waals surface area contributed by atoms with Crippen LogP contribution in [0.25, 0.3) is 11.0 Å². The monoisotopic (exact) mass is 814 g/mol. The Labute approximate surface area is 358 Å². The highest BCUT2D eigenvalue weighted by molar-refractivity contribution is 5.90. The number of hydrogen-bond acceptors (Lipinski definition) is 7. The van der Waals surface area contributed by atoms with Gasteiger partial charge in [0.25, 0.3) is 0 Å². The molecule has 0 N–H and O–H groups in total. The van der Waals surface area contributed by atoms with Crippen molar-refractivity contribution < 1.29 is 28.2 Å². The maximum Gasteiger partial charge on any atom is 0.336 e. The molecule has 9 rings (SSSR count). The molecule has 1 aromatic heterocycles. The van der Waals surface area contributed by atoms with Crippen LogP contribution in [0.1, 0.15) is 97.9 Å². The van der Waals surface area contributed by atoms with E-state index in [4.69, 9.17) is 18.6 Å². The highest BCUT2D eigenvalue weighted by Crippen LogP contribution is 2.48. The van der Waals surface area contributed by atoms with Gasteiger partial charge in [0.05, 0.1) is 5.56 Å². The van der Waals surface area contributed by atoms with E-state index in [1.165, 1.54) is 28.3 Å². The van der Waals surface area contributed by atoms with Gasteiger partial charge in [-0.2, -0.15) is 0 Å². The molecule has 5 aromatic carbocycles. The van der Waals surface area contributed by atoms with Crippen molar-refractivity contribution in [2.45, 2.75) is 103 Å². The lowest BCUT2D eigenvalue weighted by Crippen LogP contribution is -2.54. The second kappa shape index (κ2) is 18.6. The van der Waals surface area contributed by atoms with Gasteiger partial charge >= 0.3 is 17.6 Å². The van der Waals surface area contributed by atoms with Gasteiger partial charge in [0.1, 0.15) is 16.9 Å². The molecule has 0 spiro atoms. The molecule has 312 valence electrons. The zero-order valence-corrected chi connectivity index (χ0v) is 35.4. The van der Waals surface area contributed by atoms with E-state index < -0.39 is 35.4 Å². The van der Waals surface area contributed by atoms with Gasteiger partial charge in [-0.05, 0) is 136 Å². The molecule has 3 aliphatic heterocycles. The van der Waals surface area contributed by atoms with Gasteiger partial charge in [-0.1, -0.05) is 115 Å². The third-order valence-corrected chi connectivity index (χ3v) is 12.4. The normalized spacial score (nSPS) is 20.6. The first-order valence-electron chi connectivity index (χ1n) is 21.7. The molecule has 3 aliphatic rings. The average Bonchev–Trinajstić information content (AvgIpc) is 3.25. The summed E-state index contributed by atoms with van der Waals surface area (Å²) in [6.45, 7) is 5.77. The minimum Gasteiger partial charge on any atom is -0.483 e. The zero-order chi connectivity index (χ0) is 42.3. The summed E-state index contributed by atoms with van der Waals surface area (Å²) in [6.07, 6.45) is 4.17. The number of carbonyl (C=O) groups is 2. The summed E-state index contributed by atoms with van der Waals surface area (Å²) < 4.78 is 26.0. The second-order valence-corrected chi connectivity index (χ2v) is 17.2. The topological polar surface area (TPSA) is 92.0 Å². The number of ether oxygens (including phenoxy) is 3. The summed E-state index contributed by atoms with van der Waals surface area (Å²) in [7, 11) is 0. The predicted molar refractivity (Wildman–Crippen MR) is 239 cm³/mol. The molecule has 4 atom stereocenters. The number of hydrogen-bond donors (Lipinski definition) is 0. The van der Waals surface area contributed by atoms with Crippen LogP contribution in [-0.2, 0) is 51.2 Å². The number of carbonyl (C=O) groups excluding carboxylic acids is 2. The number of fused-ring (bicyclic) bond motifs is 13. The summed E-state index contributed by atoms with van der Waals surface area (Å²) in [5.41, 5.74) is 7.57. The van der Waals surface area contributed by atoms with Crippen molar-refractivity contribution in [3.8, 4) is 5.75 Å². The molecule has 0 saturated carbocycles. The highest BCUT2D eigenvalue weighted by atomic mass is 16.6. The van der Waals surface area contributed by atoms with Crippen LogP contribution < -0.4 is 10.4 Å². The van der Waals surface area contributed by atoms with Crippen LogP contribution in [-0.4, -0.2) is 23.6 Å². The molecule has 0 aliphatic carbocycles. The quantitative estimate of drug-likeness (QED) is 0.0815. The van der Waals surface area contributed by atoms with Gasteiger partial charge in [0.15, 0.2) is 12.2 Å². The maximum atomic E-state index is 14.6. The lowest BCUT2D eigenvalue weighted by Gasteiger charge is -2.45. The molecular formula is C54H54O7. The van der Waals surface area contributed by atoms with E-state index in [1.807, 2.05) is 57.2 Å². The van der Waals surface area contributed by atoms with Crippen molar-refractivity contribution in [3.05, 3.63) is 194 Å². The lowest BCUT2D eigenvalue weighted by atomic mass is 9.82. The Balaban J connectivity index is 1.16. The fourth-order valence-electron chi connectivity index (χ4n) is 9.05. The van der Waals surface area contributed by atoms with Crippen LogP contribution in [0.4, 0.5) is 0 Å². The molecule has 0 saturated heterocycles. The molecule has 0 radical (unpaired) electrons. The zero-order valence-electron chi connectivity index (χ0n) is 35.4. The third-order valence-electron chi connectivity index (χ3n) is 12.4. The Kier molecular flexibility index (Phi) is 12.7. The van der Waals surface area contributed by atoms with Crippen molar-refractivity contribution in [3.63, 3.8) is 0 Å². The molecule has 0 fully saturated rings. The predicted octanol–water partition coefficient (Wildman–Crippen LogP) is 11.2. The van der Waals surface area contributed by atoms with E-state index in [-0.39, 0.29) is 17.9 Å². The Morgan fingerprint density at radius 2 is 1.36 bits per heavy atom. The van der Waals surface area contributed by atoms with Gasteiger partial charge in [0.2, 0.25) is 0 Å². The number of rotatable bonds is 9. The van der Waals surface area contributed by atoms with Crippen molar-refractivity contribution in [2.24, 2.45) is 5.92 Å². The van der Waals surface area contributed by atoms with Gasteiger partial charge in [-0.25, -0.2) is 9.59 Å². The number of aryl methyl sites for hydroxylation is 3. The minimum atomic E-state index is -1.11. The van der Waals surface area contributed by atoms with E-state index in [0.717, 1.165) is 42.4 Å². The summed E-state index contributed by atoms with van der Waals surface area (Å²) >= 11 is 0. The smallest absolute Gasteiger partial charge is 0.336 e. The largest absolute Gasteiger partial charge is 0.483 e. The fraction of sp³-hybridized carbons (Fsp3) is 0.315. The van der Waals surface area contributed by atoms with Crippen LogP contribution in [0.5, 0.6) is 5.75 Å².